The third-order valence-electron chi connectivity index (χ3n) is 4.74. The summed E-state index contributed by atoms with van der Waals surface area (Å²) in [5, 5.41) is 2.65. The van der Waals surface area contributed by atoms with Crippen LogP contribution in [0.3, 0.4) is 0 Å². The van der Waals surface area contributed by atoms with Crippen molar-refractivity contribution >= 4 is 23.6 Å². The first-order chi connectivity index (χ1) is 14.1. The molecular weight excluding hydrogens is 406 g/mol. The van der Waals surface area contributed by atoms with Crippen molar-refractivity contribution in [3.05, 3.63) is 47.8 Å². The number of amides is 1. The molecule has 30 heavy (non-hydrogen) atoms. The van der Waals surface area contributed by atoms with Crippen LogP contribution >= 0.6 is 0 Å². The van der Waals surface area contributed by atoms with Gasteiger partial charge in [0.05, 0.1) is 5.69 Å². The van der Waals surface area contributed by atoms with E-state index in [0.717, 1.165) is 12.1 Å². The molecule has 1 N–H and O–H groups in total. The molecule has 10 heteroatoms. The van der Waals surface area contributed by atoms with Crippen molar-refractivity contribution in [3.8, 4) is 5.75 Å². The van der Waals surface area contributed by atoms with Gasteiger partial charge in [-0.1, -0.05) is 13.8 Å². The Bertz CT molecular complexity index is 968. The smallest absolute Gasteiger partial charge is 0.387 e. The summed E-state index contributed by atoms with van der Waals surface area (Å²) in [4.78, 5) is 29.1. The number of carbonyl (C=O) groups is 2. The Hall–Kier alpha value is -3.17. The summed E-state index contributed by atoms with van der Waals surface area (Å²) in [7, 11) is 0. The first-order valence-electron chi connectivity index (χ1n) is 9.03. The van der Waals surface area contributed by atoms with E-state index >= 15 is 0 Å². The lowest BCUT2D eigenvalue weighted by molar-refractivity contribution is -0.117. The molecule has 1 unspecified atom stereocenters. The molecule has 6 nitrogen and oxygen atoms in total. The summed E-state index contributed by atoms with van der Waals surface area (Å²) < 4.78 is 57.7. The predicted octanol–water partition coefficient (Wildman–Crippen LogP) is 4.02. The Kier molecular flexibility index (Phi) is 5.95. The number of benzene rings is 1. The number of nitrogens with zero attached hydrogens (tertiary/aromatic N) is 2. The van der Waals surface area contributed by atoms with Gasteiger partial charge in [0.1, 0.15) is 11.7 Å². The standard InChI is InChI=1S/C20H19F4N3O3/c1-20(2)8-15(18(29)26-11-5-6-25-12(7-11)9-28)27(10-20)14-4-3-13(21)16(22)17(14)30-19(23)24/h3-7,9,15,19H,8,10H2,1-2H3,(H,25,26,29). The quantitative estimate of drug-likeness (QED) is 0.559. The second-order valence-electron chi connectivity index (χ2n) is 7.68. The van der Waals surface area contributed by atoms with Gasteiger partial charge in [-0.3, -0.25) is 14.6 Å². The molecule has 0 aliphatic carbocycles. The second-order valence-corrected chi connectivity index (χ2v) is 7.68. The maximum atomic E-state index is 14.2. The summed E-state index contributed by atoms with van der Waals surface area (Å²) in [6.45, 7) is 0.558. The number of halogens is 4. The molecule has 1 saturated heterocycles. The predicted molar refractivity (Wildman–Crippen MR) is 101 cm³/mol. The lowest BCUT2D eigenvalue weighted by Crippen LogP contribution is -2.40. The third kappa shape index (κ3) is 4.52. The molecule has 2 aromatic rings. The van der Waals surface area contributed by atoms with Crippen LogP contribution in [0, 0.1) is 17.0 Å². The van der Waals surface area contributed by atoms with E-state index in [0.29, 0.717) is 18.4 Å². The SMILES string of the molecule is CC1(C)CC(C(=O)Nc2ccnc(C=O)c2)N(c2ccc(F)c(F)c2OC(F)F)C1. The number of aldehydes is 1. The maximum absolute atomic E-state index is 14.2. The molecule has 0 bridgehead atoms. The first-order valence-corrected chi connectivity index (χ1v) is 9.03. The molecule has 1 atom stereocenters. The van der Waals surface area contributed by atoms with E-state index in [1.165, 1.54) is 23.2 Å². The Morgan fingerprint density at radius 3 is 2.73 bits per heavy atom. The van der Waals surface area contributed by atoms with Gasteiger partial charge >= 0.3 is 6.61 Å². The maximum Gasteiger partial charge on any atom is 0.387 e. The Morgan fingerprint density at radius 1 is 1.33 bits per heavy atom. The molecule has 1 aromatic heterocycles. The lowest BCUT2D eigenvalue weighted by Gasteiger charge is -2.28. The van der Waals surface area contributed by atoms with Gasteiger partial charge in [-0.2, -0.15) is 13.2 Å². The number of hydrogen-bond donors (Lipinski definition) is 1. The van der Waals surface area contributed by atoms with Crippen molar-refractivity contribution in [1.29, 1.82) is 0 Å². The average molecular weight is 425 g/mol. The molecule has 0 radical (unpaired) electrons. The highest BCUT2D eigenvalue weighted by molar-refractivity contribution is 5.98. The zero-order valence-corrected chi connectivity index (χ0v) is 16.2. The number of alkyl halides is 2. The van der Waals surface area contributed by atoms with Crippen molar-refractivity contribution < 1.29 is 31.9 Å². The second kappa shape index (κ2) is 8.29. The fraction of sp³-hybridized carbons (Fsp3) is 0.350. The van der Waals surface area contributed by atoms with Crippen molar-refractivity contribution in [2.45, 2.75) is 32.9 Å². The molecule has 1 fully saturated rings. The van der Waals surface area contributed by atoms with Crippen LogP contribution in [-0.2, 0) is 4.79 Å². The number of aromatic nitrogens is 1. The molecule has 2 heterocycles. The number of anilines is 2. The van der Waals surface area contributed by atoms with E-state index in [9.17, 15) is 27.2 Å². The van der Waals surface area contributed by atoms with Crippen LogP contribution in [0.1, 0.15) is 30.8 Å². The monoisotopic (exact) mass is 425 g/mol. The normalized spacial score (nSPS) is 17.8. The highest BCUT2D eigenvalue weighted by Gasteiger charge is 2.43. The van der Waals surface area contributed by atoms with Crippen LogP contribution in [0.2, 0.25) is 0 Å². The van der Waals surface area contributed by atoms with Gasteiger partial charge < -0.3 is 15.0 Å². The van der Waals surface area contributed by atoms with Gasteiger partial charge in [0.2, 0.25) is 11.7 Å². The molecule has 0 spiro atoms. The molecule has 1 amide bonds. The van der Waals surface area contributed by atoms with Crippen LogP contribution in [-0.4, -0.2) is 36.4 Å². The molecule has 1 aliphatic rings. The molecule has 1 aromatic carbocycles. The van der Waals surface area contributed by atoms with Crippen molar-refractivity contribution in [3.63, 3.8) is 0 Å². The van der Waals surface area contributed by atoms with Crippen molar-refractivity contribution in [1.82, 2.24) is 4.98 Å². The number of rotatable bonds is 6. The highest BCUT2D eigenvalue weighted by Crippen LogP contribution is 2.43. The first kappa shape index (κ1) is 21.5. The van der Waals surface area contributed by atoms with Gasteiger partial charge in [-0.15, -0.1) is 0 Å². The molecule has 1 aliphatic heterocycles. The van der Waals surface area contributed by atoms with Gasteiger partial charge in [-0.05, 0) is 36.1 Å². The zero-order valence-electron chi connectivity index (χ0n) is 16.2. The van der Waals surface area contributed by atoms with E-state index < -0.39 is 41.4 Å². The van der Waals surface area contributed by atoms with Gasteiger partial charge in [0, 0.05) is 18.4 Å². The van der Waals surface area contributed by atoms with Crippen LogP contribution in [0.5, 0.6) is 5.75 Å². The summed E-state index contributed by atoms with van der Waals surface area (Å²) in [5.74, 6) is -4.35. The van der Waals surface area contributed by atoms with E-state index in [-0.39, 0.29) is 17.9 Å². The summed E-state index contributed by atoms with van der Waals surface area (Å²) in [6, 6.07) is 3.88. The molecule has 160 valence electrons. The van der Waals surface area contributed by atoms with E-state index in [4.69, 9.17) is 0 Å². The van der Waals surface area contributed by atoms with Gasteiger partial charge in [0.25, 0.3) is 0 Å². The summed E-state index contributed by atoms with van der Waals surface area (Å²) in [5.41, 5.74) is -0.148. The van der Waals surface area contributed by atoms with E-state index in [2.05, 4.69) is 15.0 Å². The number of carbonyl (C=O) groups excluding carboxylic acids is 2. The summed E-state index contributed by atoms with van der Waals surface area (Å²) >= 11 is 0. The highest BCUT2D eigenvalue weighted by atomic mass is 19.3. The molecule has 0 saturated carbocycles. The number of nitrogens with one attached hydrogen (secondary N) is 1. The minimum Gasteiger partial charge on any atom is -0.429 e. The Labute approximate surface area is 169 Å². The van der Waals surface area contributed by atoms with Crippen LogP contribution in [0.15, 0.2) is 30.5 Å². The number of pyridine rings is 1. The van der Waals surface area contributed by atoms with Crippen molar-refractivity contribution in [2.24, 2.45) is 5.41 Å². The Morgan fingerprint density at radius 2 is 2.07 bits per heavy atom. The lowest BCUT2D eigenvalue weighted by atomic mass is 9.90. The van der Waals surface area contributed by atoms with E-state index in [1.54, 1.807) is 0 Å². The topological polar surface area (TPSA) is 71.5 Å². The number of ether oxygens (including phenoxy) is 1. The summed E-state index contributed by atoms with van der Waals surface area (Å²) in [6.07, 6.45) is 2.19. The van der Waals surface area contributed by atoms with Crippen molar-refractivity contribution in [2.75, 3.05) is 16.8 Å². The average Bonchev–Trinajstić information content (AvgIpc) is 3.01. The minimum absolute atomic E-state index is 0.115. The molecular formula is C20H19F4N3O3. The fourth-order valence-electron chi connectivity index (χ4n) is 3.52. The third-order valence-corrected chi connectivity index (χ3v) is 4.74. The van der Waals surface area contributed by atoms with E-state index in [1.807, 2.05) is 13.8 Å². The minimum atomic E-state index is -3.37. The van der Waals surface area contributed by atoms with Gasteiger partial charge in [-0.25, -0.2) is 4.39 Å². The van der Waals surface area contributed by atoms with Crippen LogP contribution in [0.25, 0.3) is 0 Å². The van der Waals surface area contributed by atoms with Crippen LogP contribution < -0.4 is 15.0 Å². The number of hydrogen-bond acceptors (Lipinski definition) is 5. The Balaban J connectivity index is 1.96. The van der Waals surface area contributed by atoms with Crippen LogP contribution in [0.4, 0.5) is 28.9 Å². The van der Waals surface area contributed by atoms with Gasteiger partial charge in [0.15, 0.2) is 17.9 Å². The zero-order chi connectivity index (χ0) is 22.1. The largest absolute Gasteiger partial charge is 0.429 e. The fourth-order valence-corrected chi connectivity index (χ4v) is 3.52. The molecule has 3 rings (SSSR count).